The number of urea groups is 1. The zero-order valence-electron chi connectivity index (χ0n) is 11.2. The van der Waals surface area contributed by atoms with Crippen LogP contribution >= 0.6 is 0 Å². The summed E-state index contributed by atoms with van der Waals surface area (Å²) in [5.74, 6) is -1.03. The van der Waals surface area contributed by atoms with E-state index in [2.05, 4.69) is 15.6 Å². The smallest absolute Gasteiger partial charge is 0.319 e. The third-order valence-corrected chi connectivity index (χ3v) is 2.69. The van der Waals surface area contributed by atoms with Gasteiger partial charge in [-0.05, 0) is 23.8 Å². The standard InChI is InChI=1S/C14H13F2N3O2/c1-21-13-3-2-9(6-10(13)15)7-18-14(20)19-12-4-5-17-8-11(12)16/h2-6,8H,7H2,1H3,(H2,17,18,19,20). The van der Waals surface area contributed by atoms with Crippen LogP contribution < -0.4 is 15.4 Å². The molecule has 21 heavy (non-hydrogen) atoms. The maximum Gasteiger partial charge on any atom is 0.319 e. The minimum Gasteiger partial charge on any atom is -0.494 e. The maximum absolute atomic E-state index is 13.5. The molecule has 0 unspecified atom stereocenters. The topological polar surface area (TPSA) is 63.2 Å². The van der Waals surface area contributed by atoms with Crippen molar-refractivity contribution >= 4 is 11.7 Å². The Hall–Kier alpha value is -2.70. The molecule has 1 aromatic heterocycles. The summed E-state index contributed by atoms with van der Waals surface area (Å²) < 4.78 is 31.5. The van der Waals surface area contributed by atoms with Gasteiger partial charge in [0.05, 0.1) is 19.0 Å². The highest BCUT2D eigenvalue weighted by atomic mass is 19.1. The molecule has 7 heteroatoms. The van der Waals surface area contributed by atoms with Gasteiger partial charge in [0.15, 0.2) is 17.4 Å². The molecule has 0 aliphatic rings. The number of hydrogen-bond donors (Lipinski definition) is 2. The van der Waals surface area contributed by atoms with Gasteiger partial charge in [-0.25, -0.2) is 13.6 Å². The highest BCUT2D eigenvalue weighted by Crippen LogP contribution is 2.17. The summed E-state index contributed by atoms with van der Waals surface area (Å²) in [6.45, 7) is 0.0967. The molecule has 2 N–H and O–H groups in total. The predicted octanol–water partition coefficient (Wildman–Crippen LogP) is 2.69. The van der Waals surface area contributed by atoms with E-state index in [0.717, 1.165) is 6.20 Å². The first-order chi connectivity index (χ1) is 10.1. The lowest BCUT2D eigenvalue weighted by molar-refractivity contribution is 0.251. The zero-order valence-corrected chi connectivity index (χ0v) is 11.2. The number of pyridine rings is 1. The molecule has 0 saturated heterocycles. The molecule has 0 atom stereocenters. The first kappa shape index (κ1) is 14.7. The lowest BCUT2D eigenvalue weighted by Crippen LogP contribution is -2.28. The number of hydrogen-bond acceptors (Lipinski definition) is 3. The lowest BCUT2D eigenvalue weighted by atomic mass is 10.2. The fraction of sp³-hybridized carbons (Fsp3) is 0.143. The summed E-state index contributed by atoms with van der Waals surface area (Å²) in [4.78, 5) is 15.2. The summed E-state index contributed by atoms with van der Waals surface area (Å²) in [5, 5.41) is 4.83. The number of ether oxygens (including phenoxy) is 1. The number of benzene rings is 1. The fourth-order valence-electron chi connectivity index (χ4n) is 1.65. The molecule has 110 valence electrons. The number of carbonyl (C=O) groups excluding carboxylic acids is 1. The number of anilines is 1. The van der Waals surface area contributed by atoms with Gasteiger partial charge in [-0.2, -0.15) is 0 Å². The first-order valence-corrected chi connectivity index (χ1v) is 6.07. The number of rotatable bonds is 4. The Bertz CT molecular complexity index is 650. The average molecular weight is 293 g/mol. The molecule has 1 heterocycles. The maximum atomic E-state index is 13.5. The molecule has 5 nitrogen and oxygen atoms in total. The van der Waals surface area contributed by atoms with Crippen molar-refractivity contribution in [2.24, 2.45) is 0 Å². The highest BCUT2D eigenvalue weighted by Gasteiger charge is 2.07. The molecule has 0 radical (unpaired) electrons. The highest BCUT2D eigenvalue weighted by molar-refractivity contribution is 5.89. The summed E-state index contributed by atoms with van der Waals surface area (Å²) in [6.07, 6.45) is 2.35. The van der Waals surface area contributed by atoms with Gasteiger partial charge in [-0.3, -0.25) is 4.98 Å². The van der Waals surface area contributed by atoms with Gasteiger partial charge in [0.1, 0.15) is 0 Å². The van der Waals surface area contributed by atoms with Crippen molar-refractivity contribution < 1.29 is 18.3 Å². The molecule has 2 aromatic rings. The van der Waals surface area contributed by atoms with Crippen LogP contribution in [0.5, 0.6) is 5.75 Å². The van der Waals surface area contributed by atoms with E-state index >= 15 is 0 Å². The van der Waals surface area contributed by atoms with Crippen LogP contribution in [-0.4, -0.2) is 18.1 Å². The quantitative estimate of drug-likeness (QED) is 0.911. The van der Waals surface area contributed by atoms with Gasteiger partial charge in [0, 0.05) is 12.7 Å². The number of aromatic nitrogens is 1. The number of nitrogens with one attached hydrogen (secondary N) is 2. The second-order valence-electron chi connectivity index (χ2n) is 4.13. The van der Waals surface area contributed by atoms with Crippen molar-refractivity contribution in [3.8, 4) is 5.75 Å². The Kier molecular flexibility index (Phi) is 4.65. The van der Waals surface area contributed by atoms with Crippen LogP contribution in [0.4, 0.5) is 19.3 Å². The van der Waals surface area contributed by atoms with Crippen molar-refractivity contribution in [1.82, 2.24) is 10.3 Å². The summed E-state index contributed by atoms with van der Waals surface area (Å²) >= 11 is 0. The molecular formula is C14H13F2N3O2. The number of carbonyl (C=O) groups is 1. The van der Waals surface area contributed by atoms with Gasteiger partial charge in [-0.1, -0.05) is 6.07 Å². The Morgan fingerprint density at radius 2 is 2.10 bits per heavy atom. The van der Waals surface area contributed by atoms with Gasteiger partial charge in [0.25, 0.3) is 0 Å². The van der Waals surface area contributed by atoms with Crippen LogP contribution in [-0.2, 0) is 6.54 Å². The average Bonchev–Trinajstić information content (AvgIpc) is 2.48. The van der Waals surface area contributed by atoms with E-state index in [1.54, 1.807) is 6.07 Å². The van der Waals surface area contributed by atoms with Crippen LogP contribution in [0.3, 0.4) is 0 Å². The molecule has 2 rings (SSSR count). The largest absolute Gasteiger partial charge is 0.494 e. The Labute approximate surface area is 120 Å². The van der Waals surface area contributed by atoms with E-state index < -0.39 is 17.7 Å². The van der Waals surface area contributed by atoms with E-state index in [4.69, 9.17) is 4.74 Å². The monoisotopic (exact) mass is 293 g/mol. The Morgan fingerprint density at radius 3 is 2.76 bits per heavy atom. The van der Waals surface area contributed by atoms with Crippen LogP contribution in [0.2, 0.25) is 0 Å². The SMILES string of the molecule is COc1ccc(CNC(=O)Nc2ccncc2F)cc1F. The lowest BCUT2D eigenvalue weighted by Gasteiger charge is -2.09. The molecule has 0 bridgehead atoms. The Balaban J connectivity index is 1.92. The van der Waals surface area contributed by atoms with E-state index in [1.165, 1.54) is 31.5 Å². The van der Waals surface area contributed by atoms with Crippen LogP contribution in [0.15, 0.2) is 36.7 Å². The number of nitrogens with zero attached hydrogens (tertiary/aromatic N) is 1. The number of halogens is 2. The minimum absolute atomic E-state index is 0.0170. The second-order valence-corrected chi connectivity index (χ2v) is 4.13. The number of methoxy groups -OCH3 is 1. The molecular weight excluding hydrogens is 280 g/mol. The van der Waals surface area contributed by atoms with Crippen molar-refractivity contribution in [2.75, 3.05) is 12.4 Å². The van der Waals surface area contributed by atoms with Crippen molar-refractivity contribution in [2.45, 2.75) is 6.54 Å². The second kappa shape index (κ2) is 6.65. The predicted molar refractivity (Wildman–Crippen MR) is 73.0 cm³/mol. The van der Waals surface area contributed by atoms with Crippen LogP contribution in [0.1, 0.15) is 5.56 Å². The molecule has 2 amide bonds. The molecule has 1 aromatic carbocycles. The third-order valence-electron chi connectivity index (χ3n) is 2.69. The molecule has 0 aliphatic carbocycles. The van der Waals surface area contributed by atoms with E-state index in [9.17, 15) is 13.6 Å². The normalized spacial score (nSPS) is 10.0. The van der Waals surface area contributed by atoms with Gasteiger partial charge < -0.3 is 15.4 Å². The fourth-order valence-corrected chi connectivity index (χ4v) is 1.65. The van der Waals surface area contributed by atoms with Crippen molar-refractivity contribution in [1.29, 1.82) is 0 Å². The molecule has 0 saturated carbocycles. The van der Waals surface area contributed by atoms with Gasteiger partial charge >= 0.3 is 6.03 Å². The van der Waals surface area contributed by atoms with Crippen molar-refractivity contribution in [3.05, 3.63) is 53.9 Å². The molecule has 0 fully saturated rings. The van der Waals surface area contributed by atoms with Gasteiger partial charge in [0.2, 0.25) is 0 Å². The van der Waals surface area contributed by atoms with Gasteiger partial charge in [-0.15, -0.1) is 0 Å². The first-order valence-electron chi connectivity index (χ1n) is 6.07. The summed E-state index contributed by atoms with van der Waals surface area (Å²) in [5.41, 5.74) is 0.571. The third kappa shape index (κ3) is 3.88. The van der Waals surface area contributed by atoms with E-state index in [-0.39, 0.29) is 18.0 Å². The molecule has 0 aliphatic heterocycles. The zero-order chi connectivity index (χ0) is 15.2. The van der Waals surface area contributed by atoms with Crippen LogP contribution in [0.25, 0.3) is 0 Å². The minimum atomic E-state index is -0.636. The number of amides is 2. The van der Waals surface area contributed by atoms with E-state index in [1.807, 2.05) is 0 Å². The summed E-state index contributed by atoms with van der Waals surface area (Å²) in [6, 6.07) is 5.08. The molecule has 0 spiro atoms. The van der Waals surface area contributed by atoms with Crippen LogP contribution in [0, 0.1) is 11.6 Å². The van der Waals surface area contributed by atoms with Crippen molar-refractivity contribution in [3.63, 3.8) is 0 Å². The van der Waals surface area contributed by atoms with E-state index in [0.29, 0.717) is 5.56 Å². The Morgan fingerprint density at radius 1 is 1.29 bits per heavy atom. The summed E-state index contributed by atoms with van der Waals surface area (Å²) in [7, 11) is 1.37.